The van der Waals surface area contributed by atoms with Crippen LogP contribution in [0.15, 0.2) is 53.4 Å². The van der Waals surface area contributed by atoms with E-state index in [9.17, 15) is 13.2 Å². The summed E-state index contributed by atoms with van der Waals surface area (Å²) < 4.78 is 27.9. The van der Waals surface area contributed by atoms with Crippen molar-refractivity contribution in [1.29, 1.82) is 0 Å². The van der Waals surface area contributed by atoms with E-state index in [-0.39, 0.29) is 10.8 Å². The predicted molar refractivity (Wildman–Crippen MR) is 124 cm³/mol. The number of piperidine rings is 1. The maximum absolute atomic E-state index is 13.1. The number of carbonyl (C=O) groups is 1. The van der Waals surface area contributed by atoms with Gasteiger partial charge in [0.1, 0.15) is 0 Å². The van der Waals surface area contributed by atoms with Gasteiger partial charge in [-0.05, 0) is 82.2 Å². The molecule has 0 bridgehead atoms. The molecule has 0 unspecified atom stereocenters. The zero-order chi connectivity index (χ0) is 22.3. The zero-order valence-corrected chi connectivity index (χ0v) is 19.3. The first-order valence-corrected chi connectivity index (χ1v) is 12.3. The van der Waals surface area contributed by atoms with Crippen LogP contribution in [0.3, 0.4) is 0 Å². The summed E-state index contributed by atoms with van der Waals surface area (Å²) in [5.74, 6) is -0.236. The SMILES string of the molecule is CC(C)(C)NS(=O)(=O)c1cccc(NC(=O)c2ccccc2N2CCC3(CC2)CC3)c1. The van der Waals surface area contributed by atoms with E-state index in [1.165, 1.54) is 37.8 Å². The molecule has 1 heterocycles. The van der Waals surface area contributed by atoms with Gasteiger partial charge in [-0.15, -0.1) is 0 Å². The summed E-state index contributed by atoms with van der Waals surface area (Å²) in [4.78, 5) is 15.5. The molecule has 1 aliphatic heterocycles. The lowest BCUT2D eigenvalue weighted by Crippen LogP contribution is -2.40. The van der Waals surface area contributed by atoms with Gasteiger partial charge >= 0.3 is 0 Å². The molecule has 2 fully saturated rings. The third-order valence-corrected chi connectivity index (χ3v) is 7.87. The minimum Gasteiger partial charge on any atom is -0.371 e. The summed E-state index contributed by atoms with van der Waals surface area (Å²) in [7, 11) is -3.68. The average molecular weight is 442 g/mol. The van der Waals surface area contributed by atoms with Gasteiger partial charge in [0.05, 0.1) is 10.5 Å². The summed E-state index contributed by atoms with van der Waals surface area (Å²) in [6, 6.07) is 14.0. The van der Waals surface area contributed by atoms with E-state index in [0.29, 0.717) is 16.7 Å². The molecule has 1 spiro atoms. The van der Waals surface area contributed by atoms with E-state index in [0.717, 1.165) is 18.8 Å². The lowest BCUT2D eigenvalue weighted by Gasteiger charge is -2.34. The van der Waals surface area contributed by atoms with Crippen LogP contribution >= 0.6 is 0 Å². The average Bonchev–Trinajstić information content (AvgIpc) is 3.46. The van der Waals surface area contributed by atoms with Crippen molar-refractivity contribution in [3.05, 3.63) is 54.1 Å². The lowest BCUT2D eigenvalue weighted by atomic mass is 9.93. The van der Waals surface area contributed by atoms with Crippen molar-refractivity contribution in [3.8, 4) is 0 Å². The Kier molecular flexibility index (Phi) is 5.60. The Bertz CT molecular complexity index is 1080. The fourth-order valence-electron chi connectivity index (χ4n) is 4.24. The molecule has 2 aromatic rings. The maximum Gasteiger partial charge on any atom is 0.257 e. The maximum atomic E-state index is 13.1. The van der Waals surface area contributed by atoms with Crippen LogP contribution in [0.25, 0.3) is 0 Å². The highest BCUT2D eigenvalue weighted by atomic mass is 32.2. The molecule has 0 radical (unpaired) electrons. The van der Waals surface area contributed by atoms with E-state index in [1.54, 1.807) is 32.9 Å². The van der Waals surface area contributed by atoms with Gasteiger partial charge in [-0.2, -0.15) is 0 Å². The first-order chi connectivity index (χ1) is 14.6. The third-order valence-electron chi connectivity index (χ3n) is 6.11. The first-order valence-electron chi connectivity index (χ1n) is 10.9. The van der Waals surface area contributed by atoms with Crippen LogP contribution < -0.4 is 14.9 Å². The number of anilines is 2. The Morgan fingerprint density at radius 1 is 0.968 bits per heavy atom. The number of para-hydroxylation sites is 1. The van der Waals surface area contributed by atoms with Crippen molar-refractivity contribution in [2.75, 3.05) is 23.3 Å². The van der Waals surface area contributed by atoms with Crippen LogP contribution in [0.4, 0.5) is 11.4 Å². The second-order valence-electron chi connectivity index (χ2n) is 9.84. The number of rotatable bonds is 5. The van der Waals surface area contributed by atoms with Gasteiger partial charge in [0.2, 0.25) is 10.0 Å². The van der Waals surface area contributed by atoms with Crippen molar-refractivity contribution in [3.63, 3.8) is 0 Å². The third kappa shape index (κ3) is 5.10. The van der Waals surface area contributed by atoms with Crippen LogP contribution in [0.2, 0.25) is 0 Å². The smallest absolute Gasteiger partial charge is 0.257 e. The first kappa shape index (κ1) is 21.8. The Morgan fingerprint density at radius 2 is 1.65 bits per heavy atom. The van der Waals surface area contributed by atoms with Gasteiger partial charge in [0.15, 0.2) is 0 Å². The number of nitrogens with one attached hydrogen (secondary N) is 2. The quantitative estimate of drug-likeness (QED) is 0.721. The zero-order valence-electron chi connectivity index (χ0n) is 18.4. The monoisotopic (exact) mass is 441 g/mol. The normalized spacial score (nSPS) is 18.1. The van der Waals surface area contributed by atoms with Crippen LogP contribution in [0, 0.1) is 5.41 Å². The van der Waals surface area contributed by atoms with Crippen LogP contribution in [-0.4, -0.2) is 33.0 Å². The molecule has 1 saturated carbocycles. The van der Waals surface area contributed by atoms with Crippen molar-refractivity contribution in [2.24, 2.45) is 5.41 Å². The van der Waals surface area contributed by atoms with E-state index in [1.807, 2.05) is 24.3 Å². The summed E-state index contributed by atoms with van der Waals surface area (Å²) in [6.07, 6.45) is 5.05. The van der Waals surface area contributed by atoms with Gasteiger partial charge < -0.3 is 10.2 Å². The fraction of sp³-hybridized carbons (Fsp3) is 0.458. The Balaban J connectivity index is 1.52. The van der Waals surface area contributed by atoms with Gasteiger partial charge in [0, 0.05) is 30.0 Å². The second-order valence-corrected chi connectivity index (χ2v) is 11.5. The molecule has 1 saturated heterocycles. The Hall–Kier alpha value is -2.38. The van der Waals surface area contributed by atoms with Crippen molar-refractivity contribution in [1.82, 2.24) is 4.72 Å². The number of benzene rings is 2. The highest BCUT2D eigenvalue weighted by molar-refractivity contribution is 7.89. The summed E-state index contributed by atoms with van der Waals surface area (Å²) >= 11 is 0. The molecular weight excluding hydrogens is 410 g/mol. The predicted octanol–water partition coefficient (Wildman–Crippen LogP) is 4.40. The van der Waals surface area contributed by atoms with Gasteiger partial charge in [-0.1, -0.05) is 18.2 Å². The molecule has 2 N–H and O–H groups in total. The minimum atomic E-state index is -3.68. The van der Waals surface area contributed by atoms with E-state index >= 15 is 0 Å². The van der Waals surface area contributed by atoms with Gasteiger partial charge in [-0.3, -0.25) is 4.79 Å². The topological polar surface area (TPSA) is 78.5 Å². The molecule has 1 aliphatic carbocycles. The molecular formula is C24H31N3O3S. The highest BCUT2D eigenvalue weighted by Gasteiger charge is 2.44. The molecule has 6 nitrogen and oxygen atoms in total. The summed E-state index contributed by atoms with van der Waals surface area (Å²) in [5, 5.41) is 2.88. The summed E-state index contributed by atoms with van der Waals surface area (Å²) in [5.41, 5.74) is 1.97. The largest absolute Gasteiger partial charge is 0.371 e. The van der Waals surface area contributed by atoms with Crippen LogP contribution in [0.1, 0.15) is 56.8 Å². The molecule has 2 aromatic carbocycles. The molecule has 31 heavy (non-hydrogen) atoms. The molecule has 1 amide bonds. The fourth-order valence-corrected chi connectivity index (χ4v) is 5.71. The minimum absolute atomic E-state index is 0.124. The Labute approximate surface area is 185 Å². The van der Waals surface area contributed by atoms with Gasteiger partial charge in [-0.25, -0.2) is 13.1 Å². The molecule has 0 atom stereocenters. The number of carbonyl (C=O) groups excluding carboxylic acids is 1. The molecule has 2 aliphatic rings. The number of hydrogen-bond acceptors (Lipinski definition) is 4. The van der Waals surface area contributed by atoms with Gasteiger partial charge in [0.25, 0.3) is 5.91 Å². The second kappa shape index (κ2) is 7.95. The van der Waals surface area contributed by atoms with E-state index in [4.69, 9.17) is 0 Å². The van der Waals surface area contributed by atoms with E-state index < -0.39 is 15.6 Å². The number of nitrogens with zero attached hydrogens (tertiary/aromatic N) is 1. The standard InChI is InChI=1S/C24H31N3O3S/c1-23(2,3)26-31(29,30)19-8-6-7-18(17-19)25-22(28)20-9-4-5-10-21(20)27-15-13-24(11-12-24)14-16-27/h4-10,17,26H,11-16H2,1-3H3,(H,25,28). The molecule has 4 rings (SSSR count). The molecule has 166 valence electrons. The molecule has 7 heteroatoms. The number of sulfonamides is 1. The number of amides is 1. The van der Waals surface area contributed by atoms with Crippen LogP contribution in [0.5, 0.6) is 0 Å². The summed E-state index contributed by atoms with van der Waals surface area (Å²) in [6.45, 7) is 7.31. The van der Waals surface area contributed by atoms with Crippen molar-refractivity contribution < 1.29 is 13.2 Å². The lowest BCUT2D eigenvalue weighted by molar-refractivity contribution is 0.102. The van der Waals surface area contributed by atoms with Crippen molar-refractivity contribution in [2.45, 2.75) is 56.9 Å². The molecule has 0 aromatic heterocycles. The van der Waals surface area contributed by atoms with E-state index in [2.05, 4.69) is 14.9 Å². The van der Waals surface area contributed by atoms with Crippen molar-refractivity contribution >= 4 is 27.3 Å². The van der Waals surface area contributed by atoms with Crippen LogP contribution in [-0.2, 0) is 10.0 Å². The highest BCUT2D eigenvalue weighted by Crippen LogP contribution is 2.54. The number of hydrogen-bond donors (Lipinski definition) is 2. The Morgan fingerprint density at radius 3 is 2.29 bits per heavy atom.